The summed E-state index contributed by atoms with van der Waals surface area (Å²) in [7, 11) is 0. The fourth-order valence-corrected chi connectivity index (χ4v) is 2.54. The third-order valence-electron chi connectivity index (χ3n) is 4.24. The average Bonchev–Trinajstić information content (AvgIpc) is 2.67. The smallest absolute Gasteiger partial charge is 0.423 e. The van der Waals surface area contributed by atoms with Crippen molar-refractivity contribution >= 4 is 0 Å². The van der Waals surface area contributed by atoms with Crippen molar-refractivity contribution in [3.8, 4) is 5.75 Å². The number of hydrogen-bond acceptors (Lipinski definition) is 3. The maximum absolute atomic E-state index is 13.8. The Balaban J connectivity index is 2.27. The molecule has 0 fully saturated rings. The lowest BCUT2D eigenvalue weighted by atomic mass is 9.94. The van der Waals surface area contributed by atoms with Gasteiger partial charge in [0.1, 0.15) is 5.75 Å². The Bertz CT molecular complexity index is 837. The van der Waals surface area contributed by atoms with E-state index in [0.29, 0.717) is 0 Å². The third kappa shape index (κ3) is 4.48. The summed E-state index contributed by atoms with van der Waals surface area (Å²) in [6.07, 6.45) is -5.22. The second-order valence-electron chi connectivity index (χ2n) is 6.17. The van der Waals surface area contributed by atoms with Gasteiger partial charge < -0.3 is 14.6 Å². The van der Waals surface area contributed by atoms with Gasteiger partial charge >= 0.3 is 6.18 Å². The summed E-state index contributed by atoms with van der Waals surface area (Å²) in [5.74, 6) is -6.66. The largest absolute Gasteiger partial charge is 0.494 e. The summed E-state index contributed by atoms with van der Waals surface area (Å²) >= 11 is 0. The Kier molecular flexibility index (Phi) is 6.79. The van der Waals surface area contributed by atoms with Gasteiger partial charge in [-0.15, -0.1) is 0 Å². The van der Waals surface area contributed by atoms with Crippen molar-refractivity contribution in [3.05, 3.63) is 64.2 Å². The van der Waals surface area contributed by atoms with E-state index >= 15 is 0 Å². The van der Waals surface area contributed by atoms with Crippen LogP contribution in [0.5, 0.6) is 5.75 Å². The van der Waals surface area contributed by atoms with Gasteiger partial charge in [0, 0.05) is 5.56 Å². The summed E-state index contributed by atoms with van der Waals surface area (Å²) in [5.41, 5.74) is -6.28. The van der Waals surface area contributed by atoms with Crippen molar-refractivity contribution in [2.24, 2.45) is 0 Å². The molecule has 160 valence electrons. The molecule has 0 radical (unpaired) electrons. The Morgan fingerprint density at radius 1 is 0.897 bits per heavy atom. The van der Waals surface area contributed by atoms with E-state index in [2.05, 4.69) is 4.74 Å². The Morgan fingerprint density at radius 2 is 1.41 bits per heavy atom. The fourth-order valence-electron chi connectivity index (χ4n) is 2.54. The highest BCUT2D eigenvalue weighted by atomic mass is 19.4. The molecule has 0 aromatic heterocycles. The second-order valence-corrected chi connectivity index (χ2v) is 6.17. The lowest BCUT2D eigenvalue weighted by molar-refractivity contribution is -0.283. The van der Waals surface area contributed by atoms with Crippen molar-refractivity contribution in [2.45, 2.75) is 32.2 Å². The molecule has 0 aliphatic rings. The second kappa shape index (κ2) is 8.58. The maximum atomic E-state index is 13.8. The molecule has 0 saturated heterocycles. The highest BCUT2D eigenvalue weighted by Crippen LogP contribution is 2.40. The highest BCUT2D eigenvalue weighted by Gasteiger charge is 2.55. The lowest BCUT2D eigenvalue weighted by Crippen LogP contribution is -2.46. The SMILES string of the molecule is CCOc1ccc(C(O)(COCc2c(F)c(F)c(C)c(F)c2F)C(F)(F)F)cc1. The molecular formula is C19H17F7O3. The summed E-state index contributed by atoms with van der Waals surface area (Å²) < 4.78 is 105. The zero-order valence-electron chi connectivity index (χ0n) is 15.3. The molecule has 29 heavy (non-hydrogen) atoms. The predicted molar refractivity (Wildman–Crippen MR) is 88.2 cm³/mol. The third-order valence-corrected chi connectivity index (χ3v) is 4.24. The molecular weight excluding hydrogens is 409 g/mol. The number of alkyl halides is 3. The number of hydrogen-bond donors (Lipinski definition) is 1. The van der Waals surface area contributed by atoms with Gasteiger partial charge in [0.15, 0.2) is 23.3 Å². The molecule has 1 unspecified atom stereocenters. The van der Waals surface area contributed by atoms with Gasteiger partial charge in [0.25, 0.3) is 0 Å². The molecule has 1 N–H and O–H groups in total. The van der Waals surface area contributed by atoms with Crippen molar-refractivity contribution in [1.82, 2.24) is 0 Å². The van der Waals surface area contributed by atoms with E-state index < -0.39 is 65.0 Å². The van der Waals surface area contributed by atoms with Crippen LogP contribution in [-0.4, -0.2) is 24.5 Å². The molecule has 2 rings (SSSR count). The molecule has 0 saturated carbocycles. The zero-order chi connectivity index (χ0) is 22.0. The van der Waals surface area contributed by atoms with E-state index in [-0.39, 0.29) is 12.4 Å². The molecule has 3 nitrogen and oxygen atoms in total. The van der Waals surface area contributed by atoms with Crippen LogP contribution < -0.4 is 4.74 Å². The summed E-state index contributed by atoms with van der Waals surface area (Å²) in [6, 6.07) is 4.29. The molecule has 0 amide bonds. The maximum Gasteiger partial charge on any atom is 0.423 e. The van der Waals surface area contributed by atoms with Crippen molar-refractivity contribution in [1.29, 1.82) is 0 Å². The molecule has 0 aliphatic heterocycles. The van der Waals surface area contributed by atoms with Crippen LogP contribution in [0, 0.1) is 30.2 Å². The molecule has 0 bridgehead atoms. The predicted octanol–water partition coefficient (Wildman–Crippen LogP) is 4.92. The quantitative estimate of drug-likeness (QED) is 0.505. The number of halogens is 7. The molecule has 2 aromatic carbocycles. The van der Waals surface area contributed by atoms with Gasteiger partial charge in [-0.1, -0.05) is 12.1 Å². The minimum atomic E-state index is -5.22. The molecule has 1 atom stereocenters. The van der Waals surface area contributed by atoms with Crippen molar-refractivity contribution < 1.29 is 45.3 Å². The van der Waals surface area contributed by atoms with Crippen LogP contribution in [0.4, 0.5) is 30.7 Å². The van der Waals surface area contributed by atoms with Crippen molar-refractivity contribution in [3.63, 3.8) is 0 Å². The van der Waals surface area contributed by atoms with E-state index in [1.54, 1.807) is 6.92 Å². The average molecular weight is 426 g/mol. The van der Waals surface area contributed by atoms with Crippen LogP contribution in [-0.2, 0) is 16.9 Å². The Labute approximate surface area is 161 Å². The first kappa shape index (κ1) is 23.0. The number of ether oxygens (including phenoxy) is 2. The zero-order valence-corrected chi connectivity index (χ0v) is 15.3. The van der Waals surface area contributed by atoms with Gasteiger partial charge in [0.2, 0.25) is 5.60 Å². The Morgan fingerprint density at radius 3 is 1.86 bits per heavy atom. The summed E-state index contributed by atoms with van der Waals surface area (Å²) in [6.45, 7) is 0.0348. The molecule has 10 heteroatoms. The number of aliphatic hydroxyl groups is 1. The van der Waals surface area contributed by atoms with Crippen LogP contribution in [0.25, 0.3) is 0 Å². The summed E-state index contributed by atoms with van der Waals surface area (Å²) in [5, 5.41) is 10.2. The van der Waals surface area contributed by atoms with Crippen LogP contribution in [0.2, 0.25) is 0 Å². The Hall–Kier alpha value is -2.33. The minimum Gasteiger partial charge on any atom is -0.494 e. The van der Waals surface area contributed by atoms with Crippen LogP contribution in [0.1, 0.15) is 23.6 Å². The molecule has 0 aliphatic carbocycles. The topological polar surface area (TPSA) is 38.7 Å². The van der Waals surface area contributed by atoms with Gasteiger partial charge in [-0.25, -0.2) is 17.6 Å². The van der Waals surface area contributed by atoms with E-state index in [1.165, 1.54) is 12.1 Å². The van der Waals surface area contributed by atoms with Crippen LogP contribution >= 0.6 is 0 Å². The van der Waals surface area contributed by atoms with Gasteiger partial charge in [-0.05, 0) is 31.5 Å². The number of rotatable bonds is 7. The monoisotopic (exact) mass is 426 g/mol. The van der Waals surface area contributed by atoms with Gasteiger partial charge in [0.05, 0.1) is 25.4 Å². The number of benzene rings is 2. The van der Waals surface area contributed by atoms with Gasteiger partial charge in [-0.3, -0.25) is 0 Å². The van der Waals surface area contributed by atoms with Crippen LogP contribution in [0.15, 0.2) is 24.3 Å². The molecule has 2 aromatic rings. The highest BCUT2D eigenvalue weighted by molar-refractivity contribution is 5.32. The van der Waals surface area contributed by atoms with E-state index in [1.807, 2.05) is 0 Å². The van der Waals surface area contributed by atoms with E-state index in [9.17, 15) is 35.8 Å². The normalized spacial score (nSPS) is 14.0. The first-order valence-corrected chi connectivity index (χ1v) is 8.35. The molecule has 0 spiro atoms. The lowest BCUT2D eigenvalue weighted by Gasteiger charge is -2.31. The van der Waals surface area contributed by atoms with Gasteiger partial charge in [-0.2, -0.15) is 13.2 Å². The van der Waals surface area contributed by atoms with Crippen LogP contribution in [0.3, 0.4) is 0 Å². The van der Waals surface area contributed by atoms with E-state index in [0.717, 1.165) is 19.1 Å². The van der Waals surface area contributed by atoms with E-state index in [4.69, 9.17) is 4.74 Å². The minimum absolute atomic E-state index is 0.261. The first-order chi connectivity index (χ1) is 13.4. The summed E-state index contributed by atoms with van der Waals surface area (Å²) in [4.78, 5) is 0. The van der Waals surface area contributed by atoms with Crippen molar-refractivity contribution in [2.75, 3.05) is 13.2 Å². The standard InChI is InChI=1S/C19H17F7O3/c1-3-29-12-6-4-11(5-7-12)18(27,19(24,25)26)9-28-8-13-16(22)14(20)10(2)15(21)17(13)23/h4-7,27H,3,8-9H2,1-2H3. The molecule has 0 heterocycles. The first-order valence-electron chi connectivity index (χ1n) is 8.35. The fraction of sp³-hybridized carbons (Fsp3) is 0.368.